The largest absolute Gasteiger partial charge is 0.493 e. The first-order valence-electron chi connectivity index (χ1n) is 11.4. The highest BCUT2D eigenvalue weighted by Gasteiger charge is 2.61. The first-order chi connectivity index (χ1) is 16.8. The van der Waals surface area contributed by atoms with Crippen LogP contribution in [0.3, 0.4) is 0 Å². The van der Waals surface area contributed by atoms with E-state index in [1.54, 1.807) is 12.0 Å². The number of amidine groups is 1. The minimum Gasteiger partial charge on any atom is -0.493 e. The molecule has 1 spiro atoms. The van der Waals surface area contributed by atoms with Gasteiger partial charge in [0.2, 0.25) is 16.7 Å². The number of anilines is 1. The van der Waals surface area contributed by atoms with Gasteiger partial charge in [-0.15, -0.1) is 5.10 Å². The molecule has 2 aromatic rings. The fraction of sp³-hybridized carbons (Fsp3) is 0.360. The molecule has 10 heteroatoms. The number of methoxy groups -OCH3 is 1. The highest BCUT2D eigenvalue weighted by atomic mass is 32.2. The summed E-state index contributed by atoms with van der Waals surface area (Å²) in [6.45, 7) is 5.66. The van der Waals surface area contributed by atoms with Crippen molar-refractivity contribution in [1.29, 1.82) is 0 Å². The number of unbranched alkanes of at least 4 members (excludes halogenated alkanes) is 1. The average Bonchev–Trinajstić information content (AvgIpc) is 3.32. The number of nitrogens with one attached hydrogen (secondary N) is 1. The molecular weight excluding hydrogens is 468 g/mol. The number of para-hydroxylation sites is 1. The van der Waals surface area contributed by atoms with E-state index in [4.69, 9.17) is 9.47 Å². The van der Waals surface area contributed by atoms with Gasteiger partial charge in [0.1, 0.15) is 0 Å². The average molecular weight is 497 g/mol. The molecule has 1 N–H and O–H groups in total. The summed E-state index contributed by atoms with van der Waals surface area (Å²) in [5, 5.41) is 8.25. The van der Waals surface area contributed by atoms with Crippen LogP contribution in [-0.2, 0) is 25.8 Å². The third kappa shape index (κ3) is 4.45. The molecule has 0 saturated carbocycles. The summed E-state index contributed by atoms with van der Waals surface area (Å²) < 4.78 is 11.4. The number of rotatable bonds is 7. The number of fused-ring (bicyclic) bond motifs is 2. The van der Waals surface area contributed by atoms with E-state index in [9.17, 15) is 14.4 Å². The van der Waals surface area contributed by atoms with Crippen LogP contribution in [0.25, 0.3) is 0 Å². The molecule has 0 radical (unpaired) electrons. The molecule has 2 heterocycles. The number of nitrogens with zero attached hydrogens (tertiary/aromatic N) is 3. The minimum atomic E-state index is -1.42. The second-order valence-corrected chi connectivity index (χ2v) is 9.44. The Balaban J connectivity index is 1.68. The highest BCUT2D eigenvalue weighted by Crippen LogP contribution is 2.54. The van der Waals surface area contributed by atoms with Gasteiger partial charge in [-0.2, -0.15) is 5.01 Å². The molecule has 184 valence electrons. The number of benzene rings is 2. The third-order valence-electron chi connectivity index (χ3n) is 5.73. The highest BCUT2D eigenvalue weighted by molar-refractivity contribution is 8.15. The Labute approximate surface area is 208 Å². The van der Waals surface area contributed by atoms with Crippen LogP contribution in [0, 0.1) is 0 Å². The predicted molar refractivity (Wildman–Crippen MR) is 134 cm³/mol. The molecule has 0 aromatic heterocycles. The van der Waals surface area contributed by atoms with Crippen molar-refractivity contribution in [3.63, 3.8) is 0 Å². The monoisotopic (exact) mass is 496 g/mol. The summed E-state index contributed by atoms with van der Waals surface area (Å²) in [5.41, 5.74) is 2.16. The molecular formula is C25H28N4O5S. The molecule has 0 unspecified atom stereocenters. The van der Waals surface area contributed by atoms with Crippen LogP contribution in [0.15, 0.2) is 47.6 Å². The maximum atomic E-state index is 14.0. The standard InChI is InChI=1S/C25H28N4O5S/c1-5-6-13-34-21-12-11-18(14-22(21)33-4)15-28-20-10-8-7-9-19(20)25(23(28)32)29(17(3)31)27-24(35-25)26-16(2)30/h7-12,14H,5-6,13,15H2,1-4H3,(H,26,27,30)/t25-/m1/s1. The lowest BCUT2D eigenvalue weighted by Gasteiger charge is -2.29. The zero-order valence-electron chi connectivity index (χ0n) is 20.2. The van der Waals surface area contributed by atoms with Crippen molar-refractivity contribution in [1.82, 2.24) is 10.3 Å². The minimum absolute atomic E-state index is 0.202. The maximum absolute atomic E-state index is 14.0. The van der Waals surface area contributed by atoms with Gasteiger partial charge in [-0.25, -0.2) is 0 Å². The van der Waals surface area contributed by atoms with Crippen LogP contribution >= 0.6 is 11.8 Å². The Hall–Kier alpha value is -3.53. The van der Waals surface area contributed by atoms with Crippen LogP contribution in [0.5, 0.6) is 11.5 Å². The number of carbonyl (C=O) groups excluding carboxylic acids is 3. The second-order valence-electron chi connectivity index (χ2n) is 8.26. The Morgan fingerprint density at radius 1 is 1.14 bits per heavy atom. The fourth-order valence-electron chi connectivity index (χ4n) is 4.16. The number of ether oxygens (including phenoxy) is 2. The summed E-state index contributed by atoms with van der Waals surface area (Å²) >= 11 is 1.06. The van der Waals surface area contributed by atoms with Crippen molar-refractivity contribution in [2.75, 3.05) is 18.6 Å². The Morgan fingerprint density at radius 2 is 1.91 bits per heavy atom. The van der Waals surface area contributed by atoms with E-state index in [2.05, 4.69) is 17.3 Å². The lowest BCUT2D eigenvalue weighted by molar-refractivity contribution is -0.139. The van der Waals surface area contributed by atoms with Crippen molar-refractivity contribution < 1.29 is 23.9 Å². The molecule has 0 saturated heterocycles. The first-order valence-corrected chi connectivity index (χ1v) is 12.2. The second kappa shape index (κ2) is 9.99. The number of thioether (sulfide) groups is 1. The quantitative estimate of drug-likeness (QED) is 0.588. The maximum Gasteiger partial charge on any atom is 0.271 e. The van der Waals surface area contributed by atoms with Gasteiger partial charge in [0.05, 0.1) is 25.9 Å². The number of hydrazone groups is 1. The van der Waals surface area contributed by atoms with Gasteiger partial charge >= 0.3 is 0 Å². The van der Waals surface area contributed by atoms with Crippen LogP contribution in [0.2, 0.25) is 0 Å². The molecule has 2 aliphatic heterocycles. The molecule has 0 bridgehead atoms. The topological polar surface area (TPSA) is 101 Å². The van der Waals surface area contributed by atoms with E-state index in [-0.39, 0.29) is 23.5 Å². The molecule has 0 aliphatic carbocycles. The number of carbonyl (C=O) groups is 3. The van der Waals surface area contributed by atoms with E-state index in [0.29, 0.717) is 29.4 Å². The summed E-state index contributed by atoms with van der Waals surface area (Å²) in [7, 11) is 1.58. The van der Waals surface area contributed by atoms with Gasteiger partial charge in [0, 0.05) is 19.4 Å². The summed E-state index contributed by atoms with van der Waals surface area (Å²) in [6.07, 6.45) is 1.97. The van der Waals surface area contributed by atoms with E-state index in [0.717, 1.165) is 35.2 Å². The number of hydrogen-bond acceptors (Lipinski definition) is 7. The Kier molecular flexibility index (Phi) is 7.02. The molecule has 4 rings (SSSR count). The molecule has 3 amide bonds. The van der Waals surface area contributed by atoms with Crippen molar-refractivity contribution in [2.24, 2.45) is 5.10 Å². The van der Waals surface area contributed by atoms with Crippen LogP contribution in [0.1, 0.15) is 44.7 Å². The van der Waals surface area contributed by atoms with Gasteiger partial charge in [-0.1, -0.05) is 37.6 Å². The lowest BCUT2D eigenvalue weighted by Crippen LogP contribution is -2.48. The molecule has 2 aromatic carbocycles. The first kappa shape index (κ1) is 24.6. The van der Waals surface area contributed by atoms with Gasteiger partial charge in [-0.05, 0) is 41.9 Å². The normalized spacial score (nSPS) is 18.5. The summed E-state index contributed by atoms with van der Waals surface area (Å²) in [6, 6.07) is 12.9. The number of amides is 3. The molecule has 9 nitrogen and oxygen atoms in total. The van der Waals surface area contributed by atoms with Crippen LogP contribution in [-0.4, -0.2) is 41.6 Å². The Morgan fingerprint density at radius 3 is 2.60 bits per heavy atom. The van der Waals surface area contributed by atoms with Crippen molar-refractivity contribution >= 4 is 40.3 Å². The number of hydrogen-bond donors (Lipinski definition) is 1. The van der Waals surface area contributed by atoms with Crippen molar-refractivity contribution in [3.05, 3.63) is 53.6 Å². The predicted octanol–water partition coefficient (Wildman–Crippen LogP) is 3.58. The van der Waals surface area contributed by atoms with Crippen LogP contribution in [0.4, 0.5) is 5.69 Å². The third-order valence-corrected chi connectivity index (χ3v) is 6.97. The van der Waals surface area contributed by atoms with E-state index in [1.165, 1.54) is 13.8 Å². The Bertz CT molecular complexity index is 1200. The van der Waals surface area contributed by atoms with Gasteiger partial charge in [-0.3, -0.25) is 14.4 Å². The van der Waals surface area contributed by atoms with Crippen molar-refractivity contribution in [2.45, 2.75) is 45.0 Å². The van der Waals surface area contributed by atoms with E-state index < -0.39 is 10.8 Å². The molecule has 0 fully saturated rings. The fourth-order valence-corrected chi connectivity index (χ4v) is 5.49. The van der Waals surface area contributed by atoms with Gasteiger partial charge in [0.15, 0.2) is 16.7 Å². The van der Waals surface area contributed by atoms with E-state index >= 15 is 0 Å². The summed E-state index contributed by atoms with van der Waals surface area (Å²) in [5.74, 6) is 0.186. The lowest BCUT2D eigenvalue weighted by atomic mass is 10.1. The molecule has 35 heavy (non-hydrogen) atoms. The van der Waals surface area contributed by atoms with Crippen LogP contribution < -0.4 is 19.7 Å². The van der Waals surface area contributed by atoms with E-state index in [1.807, 2.05) is 42.5 Å². The molecule has 2 aliphatic rings. The van der Waals surface area contributed by atoms with Crippen molar-refractivity contribution in [3.8, 4) is 11.5 Å². The van der Waals surface area contributed by atoms with Gasteiger partial charge in [0.25, 0.3) is 5.91 Å². The zero-order valence-corrected chi connectivity index (χ0v) is 21.0. The summed E-state index contributed by atoms with van der Waals surface area (Å²) in [4.78, 5) is 38.5. The smallest absolute Gasteiger partial charge is 0.271 e. The SMILES string of the molecule is CCCCOc1ccc(CN2C(=O)[C@]3(SC(NC(C)=O)=NN3C(C)=O)c3ccccc32)cc1OC. The zero-order chi connectivity index (χ0) is 25.2. The molecule has 1 atom stereocenters. The van der Waals surface area contributed by atoms with Gasteiger partial charge < -0.3 is 19.7 Å².